The number of hydrogen-bond donors (Lipinski definition) is 2. The summed E-state index contributed by atoms with van der Waals surface area (Å²) < 4.78 is 5.14. The Balaban J connectivity index is 1.79. The highest BCUT2D eigenvalue weighted by Gasteiger charge is 1.97. The van der Waals surface area contributed by atoms with Gasteiger partial charge in [0.05, 0.1) is 19.0 Å². The first-order valence-corrected chi connectivity index (χ1v) is 6.88. The fourth-order valence-corrected chi connectivity index (χ4v) is 1.93. The second-order valence-electron chi connectivity index (χ2n) is 4.49. The highest BCUT2D eigenvalue weighted by molar-refractivity contribution is 5.47. The van der Waals surface area contributed by atoms with Gasteiger partial charge < -0.3 is 15.4 Å². The highest BCUT2D eigenvalue weighted by atomic mass is 16.5. The zero-order chi connectivity index (χ0) is 14.2. The van der Waals surface area contributed by atoms with E-state index >= 15 is 0 Å². The Kier molecular flexibility index (Phi) is 5.24. The van der Waals surface area contributed by atoms with Gasteiger partial charge in [-0.2, -0.15) is 0 Å². The van der Waals surface area contributed by atoms with Crippen molar-refractivity contribution >= 4 is 11.5 Å². The number of pyridine rings is 1. The van der Waals surface area contributed by atoms with Crippen molar-refractivity contribution in [2.45, 2.75) is 13.3 Å². The van der Waals surface area contributed by atoms with Gasteiger partial charge in [-0.25, -0.2) is 4.98 Å². The van der Waals surface area contributed by atoms with Crippen molar-refractivity contribution in [3.8, 4) is 5.75 Å². The van der Waals surface area contributed by atoms with Crippen molar-refractivity contribution < 1.29 is 4.74 Å². The average molecular weight is 271 g/mol. The third-order valence-corrected chi connectivity index (χ3v) is 3.02. The van der Waals surface area contributed by atoms with Crippen LogP contribution in [-0.2, 0) is 6.42 Å². The van der Waals surface area contributed by atoms with Crippen LogP contribution in [0.4, 0.5) is 11.5 Å². The molecule has 0 unspecified atom stereocenters. The van der Waals surface area contributed by atoms with Gasteiger partial charge in [-0.05, 0) is 43.2 Å². The van der Waals surface area contributed by atoms with Crippen molar-refractivity contribution in [2.75, 3.05) is 30.8 Å². The molecule has 4 nitrogen and oxygen atoms in total. The summed E-state index contributed by atoms with van der Waals surface area (Å²) in [6, 6.07) is 12.2. The zero-order valence-corrected chi connectivity index (χ0v) is 12.0. The highest BCUT2D eigenvalue weighted by Crippen LogP contribution is 2.12. The lowest BCUT2D eigenvalue weighted by Crippen LogP contribution is -2.06. The van der Waals surface area contributed by atoms with Crippen LogP contribution in [0, 0.1) is 0 Å². The molecule has 2 rings (SSSR count). The van der Waals surface area contributed by atoms with Gasteiger partial charge in [-0.15, -0.1) is 0 Å². The van der Waals surface area contributed by atoms with Crippen LogP contribution in [0.3, 0.4) is 0 Å². The van der Waals surface area contributed by atoms with Crippen molar-refractivity contribution in [2.24, 2.45) is 0 Å². The molecule has 0 aliphatic rings. The van der Waals surface area contributed by atoms with Crippen LogP contribution in [0.1, 0.15) is 12.5 Å². The molecular formula is C16H21N3O. The molecule has 0 amide bonds. The largest absolute Gasteiger partial charge is 0.497 e. The molecule has 2 N–H and O–H groups in total. The molecule has 0 fully saturated rings. The normalized spacial score (nSPS) is 10.1. The summed E-state index contributed by atoms with van der Waals surface area (Å²) >= 11 is 0. The van der Waals surface area contributed by atoms with Crippen molar-refractivity contribution in [1.82, 2.24) is 4.98 Å². The Morgan fingerprint density at radius 3 is 2.45 bits per heavy atom. The second kappa shape index (κ2) is 7.38. The van der Waals surface area contributed by atoms with E-state index in [1.54, 1.807) is 7.11 Å². The lowest BCUT2D eigenvalue weighted by Gasteiger charge is -2.08. The number of benzene rings is 1. The molecule has 4 heteroatoms. The third-order valence-electron chi connectivity index (χ3n) is 3.02. The van der Waals surface area contributed by atoms with Gasteiger partial charge in [0.1, 0.15) is 11.6 Å². The maximum absolute atomic E-state index is 5.14. The summed E-state index contributed by atoms with van der Waals surface area (Å²) in [7, 11) is 1.68. The van der Waals surface area contributed by atoms with Crippen LogP contribution in [0.2, 0.25) is 0 Å². The van der Waals surface area contributed by atoms with E-state index in [0.29, 0.717) is 0 Å². The summed E-state index contributed by atoms with van der Waals surface area (Å²) in [6.45, 7) is 3.84. The van der Waals surface area contributed by atoms with Crippen molar-refractivity contribution in [1.29, 1.82) is 0 Å². The van der Waals surface area contributed by atoms with E-state index in [1.165, 1.54) is 5.56 Å². The lowest BCUT2D eigenvalue weighted by molar-refractivity contribution is 0.414. The van der Waals surface area contributed by atoms with Crippen LogP contribution < -0.4 is 15.4 Å². The van der Waals surface area contributed by atoms with Crippen molar-refractivity contribution in [3.05, 3.63) is 48.2 Å². The van der Waals surface area contributed by atoms with Crippen LogP contribution in [0.15, 0.2) is 42.6 Å². The summed E-state index contributed by atoms with van der Waals surface area (Å²) in [6.07, 6.45) is 2.81. The van der Waals surface area contributed by atoms with Crippen LogP contribution in [0.5, 0.6) is 5.75 Å². The molecule has 1 aromatic heterocycles. The van der Waals surface area contributed by atoms with E-state index < -0.39 is 0 Å². The molecule has 0 saturated carbocycles. The summed E-state index contributed by atoms with van der Waals surface area (Å²) in [5, 5.41) is 6.55. The summed E-state index contributed by atoms with van der Waals surface area (Å²) in [5.74, 6) is 1.79. The van der Waals surface area contributed by atoms with Gasteiger partial charge in [0.25, 0.3) is 0 Å². The predicted octanol–water partition coefficient (Wildman–Crippen LogP) is 3.18. The fraction of sp³-hybridized carbons (Fsp3) is 0.312. The Hall–Kier alpha value is -2.23. The van der Waals surface area contributed by atoms with E-state index in [1.807, 2.05) is 30.5 Å². The maximum Gasteiger partial charge on any atom is 0.126 e. The van der Waals surface area contributed by atoms with E-state index in [-0.39, 0.29) is 0 Å². The topological polar surface area (TPSA) is 46.2 Å². The molecule has 0 saturated heterocycles. The smallest absolute Gasteiger partial charge is 0.126 e. The molecule has 1 aromatic carbocycles. The Labute approximate surface area is 120 Å². The minimum atomic E-state index is 0.861. The number of ether oxygens (including phenoxy) is 1. The van der Waals surface area contributed by atoms with Gasteiger partial charge in [0.15, 0.2) is 0 Å². The molecular weight excluding hydrogens is 250 g/mol. The standard InChI is InChI=1S/C16H21N3O/c1-3-17-14-6-9-16(19-12-14)18-11-10-13-4-7-15(20-2)8-5-13/h4-9,12,17H,3,10-11H2,1-2H3,(H,18,19). The minimum Gasteiger partial charge on any atom is -0.497 e. The number of hydrogen-bond acceptors (Lipinski definition) is 4. The maximum atomic E-state index is 5.14. The van der Waals surface area contributed by atoms with E-state index in [2.05, 4.69) is 34.7 Å². The Morgan fingerprint density at radius 1 is 1.05 bits per heavy atom. The third kappa shape index (κ3) is 4.16. The number of nitrogens with zero attached hydrogens (tertiary/aromatic N) is 1. The first kappa shape index (κ1) is 14.2. The average Bonchev–Trinajstić information content (AvgIpc) is 2.50. The van der Waals surface area contributed by atoms with Gasteiger partial charge in [-0.1, -0.05) is 12.1 Å². The lowest BCUT2D eigenvalue weighted by atomic mass is 10.1. The molecule has 1 heterocycles. The molecule has 0 atom stereocenters. The minimum absolute atomic E-state index is 0.861. The molecule has 0 aliphatic carbocycles. The number of aromatic nitrogens is 1. The molecule has 0 aliphatic heterocycles. The van der Waals surface area contributed by atoms with Gasteiger partial charge in [0.2, 0.25) is 0 Å². The van der Waals surface area contributed by atoms with E-state index in [9.17, 15) is 0 Å². The molecule has 20 heavy (non-hydrogen) atoms. The monoisotopic (exact) mass is 271 g/mol. The first-order chi connectivity index (χ1) is 9.81. The number of nitrogens with one attached hydrogen (secondary N) is 2. The fourth-order valence-electron chi connectivity index (χ4n) is 1.93. The van der Waals surface area contributed by atoms with Crippen molar-refractivity contribution in [3.63, 3.8) is 0 Å². The van der Waals surface area contributed by atoms with Gasteiger partial charge in [0, 0.05) is 13.1 Å². The predicted molar refractivity (Wildman–Crippen MR) is 83.6 cm³/mol. The Bertz CT molecular complexity index is 508. The van der Waals surface area contributed by atoms with E-state index in [4.69, 9.17) is 4.74 Å². The quantitative estimate of drug-likeness (QED) is 0.812. The number of anilines is 2. The van der Waals surface area contributed by atoms with Crippen LogP contribution in [-0.4, -0.2) is 25.2 Å². The summed E-state index contributed by atoms with van der Waals surface area (Å²) in [4.78, 5) is 4.36. The van der Waals surface area contributed by atoms with Crippen LogP contribution in [0.25, 0.3) is 0 Å². The van der Waals surface area contributed by atoms with Gasteiger partial charge in [-0.3, -0.25) is 0 Å². The number of rotatable bonds is 7. The first-order valence-electron chi connectivity index (χ1n) is 6.88. The molecule has 0 radical (unpaired) electrons. The number of methoxy groups -OCH3 is 1. The SMILES string of the molecule is CCNc1ccc(NCCc2ccc(OC)cc2)nc1. The molecule has 106 valence electrons. The Morgan fingerprint density at radius 2 is 1.85 bits per heavy atom. The zero-order valence-electron chi connectivity index (χ0n) is 12.0. The molecule has 0 bridgehead atoms. The van der Waals surface area contributed by atoms with E-state index in [0.717, 1.165) is 36.8 Å². The second-order valence-corrected chi connectivity index (χ2v) is 4.49. The van der Waals surface area contributed by atoms with Crippen LogP contribution >= 0.6 is 0 Å². The molecule has 2 aromatic rings. The van der Waals surface area contributed by atoms with Gasteiger partial charge >= 0.3 is 0 Å². The molecule has 0 spiro atoms. The summed E-state index contributed by atoms with van der Waals surface area (Å²) in [5.41, 5.74) is 2.33.